The van der Waals surface area contributed by atoms with Crippen molar-refractivity contribution in [2.75, 3.05) is 7.05 Å². The lowest BCUT2D eigenvalue weighted by Crippen LogP contribution is -2.37. The molecule has 0 aromatic rings. The molecule has 0 saturated heterocycles. The second-order valence-corrected chi connectivity index (χ2v) is 6.12. The minimum atomic E-state index is -5.93. The molecule has 0 aromatic heterocycles. The number of nitrogens with zero attached hydrogens (tertiary/aromatic N) is 1. The molecule has 0 radical (unpaired) electrons. The van der Waals surface area contributed by atoms with Gasteiger partial charge in [0, 0.05) is 30.0 Å². The monoisotopic (exact) mass is 325 g/mol. The van der Waals surface area contributed by atoms with Crippen LogP contribution in [0, 0.1) is 11.8 Å². The Bertz CT molecular complexity index is 649. The summed E-state index contributed by atoms with van der Waals surface area (Å²) in [5, 5.41) is -0.0177. The molecule has 2 rings (SSSR count). The molecule has 2 atom stereocenters. The largest absolute Gasteiger partial charge is 0.525 e. The molecule has 1 amide bonds. The van der Waals surface area contributed by atoms with Crippen LogP contribution in [0.3, 0.4) is 0 Å². The van der Waals surface area contributed by atoms with Crippen molar-refractivity contribution in [3.05, 3.63) is 23.3 Å². The van der Waals surface area contributed by atoms with Gasteiger partial charge in [-0.2, -0.15) is 21.6 Å². The van der Waals surface area contributed by atoms with Gasteiger partial charge in [-0.15, -0.1) is 4.28 Å². The number of hydroxylamine groups is 2. The number of likely N-dealkylation sites (N-methyl/N-ethyl adjacent to an activating group) is 1. The third-order valence-electron chi connectivity index (χ3n) is 3.30. The molecule has 0 heterocycles. The van der Waals surface area contributed by atoms with E-state index in [1.54, 1.807) is 12.2 Å². The molecule has 0 N–H and O–H groups in total. The van der Waals surface area contributed by atoms with Crippen LogP contribution in [-0.4, -0.2) is 38.2 Å². The number of fused-ring (bicyclic) bond motifs is 2. The summed E-state index contributed by atoms with van der Waals surface area (Å²) < 4.78 is 62.0. The maximum Gasteiger partial charge on any atom is 0.525 e. The van der Waals surface area contributed by atoms with E-state index in [9.17, 15) is 31.2 Å². The third-order valence-corrected chi connectivity index (χ3v) is 4.29. The molecule has 0 saturated carbocycles. The van der Waals surface area contributed by atoms with Gasteiger partial charge < -0.3 is 0 Å². The second kappa shape index (κ2) is 4.95. The maximum atomic E-state index is 12.2. The van der Waals surface area contributed by atoms with E-state index in [2.05, 4.69) is 4.28 Å². The van der Waals surface area contributed by atoms with Crippen LogP contribution in [0.25, 0.3) is 0 Å². The van der Waals surface area contributed by atoms with Gasteiger partial charge in [0.2, 0.25) is 0 Å². The fourth-order valence-corrected chi connectivity index (χ4v) is 2.83. The van der Waals surface area contributed by atoms with Gasteiger partial charge in [0.25, 0.3) is 5.91 Å². The lowest BCUT2D eigenvalue weighted by atomic mass is 9.97. The van der Waals surface area contributed by atoms with Crippen molar-refractivity contribution in [1.82, 2.24) is 5.06 Å². The van der Waals surface area contributed by atoms with Crippen LogP contribution in [0.1, 0.15) is 6.42 Å². The van der Waals surface area contributed by atoms with E-state index < -0.39 is 27.5 Å². The first kappa shape index (κ1) is 15.7. The van der Waals surface area contributed by atoms with Crippen molar-refractivity contribution >= 4 is 22.3 Å². The van der Waals surface area contributed by atoms with E-state index in [1.165, 1.54) is 0 Å². The van der Waals surface area contributed by atoms with E-state index >= 15 is 0 Å². The van der Waals surface area contributed by atoms with E-state index in [0.29, 0.717) is 12.7 Å². The average molecular weight is 325 g/mol. The van der Waals surface area contributed by atoms with Crippen molar-refractivity contribution in [2.45, 2.75) is 11.9 Å². The molecular formula is C11H10F3NO5S. The number of hydrogen-bond donors (Lipinski definition) is 0. The predicted octanol–water partition coefficient (Wildman–Crippen LogP) is 0.927. The molecule has 0 fully saturated rings. The standard InChI is InChI=1S/C11H10F3NO5S/c1-15(20-21(18,19)11(12,13)14)10(17)9-7-3-2-6(4-7)8(9)5-16/h2-3,5-7H,4H2,1H3. The van der Waals surface area contributed by atoms with Gasteiger partial charge in [0.05, 0.1) is 0 Å². The molecule has 2 aliphatic rings. The van der Waals surface area contributed by atoms with E-state index in [1.807, 2.05) is 0 Å². The molecule has 0 aromatic carbocycles. The Morgan fingerprint density at radius 1 is 1.38 bits per heavy atom. The van der Waals surface area contributed by atoms with Gasteiger partial charge in [0.15, 0.2) is 0 Å². The Kier molecular flexibility index (Phi) is 3.70. The number of carbonyl (C=O) groups excluding carboxylic acids is 2. The van der Waals surface area contributed by atoms with Crippen LogP contribution < -0.4 is 0 Å². The van der Waals surface area contributed by atoms with E-state index in [0.717, 1.165) is 7.05 Å². The first-order valence-electron chi connectivity index (χ1n) is 5.75. The van der Waals surface area contributed by atoms with Crippen LogP contribution in [0.4, 0.5) is 13.2 Å². The number of hydrogen-bond acceptors (Lipinski definition) is 5. The first-order chi connectivity index (χ1) is 9.58. The van der Waals surface area contributed by atoms with Crippen LogP contribution >= 0.6 is 0 Å². The molecular weight excluding hydrogens is 315 g/mol. The summed E-state index contributed by atoms with van der Waals surface area (Å²) in [5.74, 6) is -1.76. The van der Waals surface area contributed by atoms with E-state index in [4.69, 9.17) is 0 Å². The summed E-state index contributed by atoms with van der Waals surface area (Å²) >= 11 is 0. The van der Waals surface area contributed by atoms with Gasteiger partial charge in [-0.3, -0.25) is 9.59 Å². The highest BCUT2D eigenvalue weighted by atomic mass is 32.2. The SMILES string of the molecule is CN(OS(=O)(=O)C(F)(F)F)C(=O)C1=C(C=O)C2C=CC1C2. The van der Waals surface area contributed by atoms with Gasteiger partial charge in [-0.05, 0) is 6.42 Å². The van der Waals surface area contributed by atoms with Crippen molar-refractivity contribution in [1.29, 1.82) is 0 Å². The van der Waals surface area contributed by atoms with Gasteiger partial charge in [0.1, 0.15) is 6.29 Å². The fraction of sp³-hybridized carbons (Fsp3) is 0.455. The fourth-order valence-electron chi connectivity index (χ4n) is 2.38. The Balaban J connectivity index is 2.22. The highest BCUT2D eigenvalue weighted by Crippen LogP contribution is 2.43. The highest BCUT2D eigenvalue weighted by Gasteiger charge is 2.50. The minimum Gasteiger partial charge on any atom is -0.298 e. The van der Waals surface area contributed by atoms with Gasteiger partial charge >= 0.3 is 15.6 Å². The molecule has 2 unspecified atom stereocenters. The number of aldehydes is 1. The zero-order valence-electron chi connectivity index (χ0n) is 10.6. The quantitative estimate of drug-likeness (QED) is 0.332. The lowest BCUT2D eigenvalue weighted by Gasteiger charge is -2.20. The van der Waals surface area contributed by atoms with Crippen LogP contribution in [0.15, 0.2) is 23.3 Å². The smallest absolute Gasteiger partial charge is 0.298 e. The van der Waals surface area contributed by atoms with Crippen LogP contribution in [0.5, 0.6) is 0 Å². The number of halogens is 3. The summed E-state index contributed by atoms with van der Waals surface area (Å²) in [7, 11) is -5.19. The molecule has 0 aliphatic heterocycles. The molecule has 10 heteroatoms. The average Bonchev–Trinajstić information content (AvgIpc) is 2.95. The Morgan fingerprint density at radius 3 is 2.48 bits per heavy atom. The molecule has 0 spiro atoms. The van der Waals surface area contributed by atoms with Gasteiger partial charge in [-0.1, -0.05) is 12.2 Å². The highest BCUT2D eigenvalue weighted by molar-refractivity contribution is 7.87. The molecule has 2 aliphatic carbocycles. The number of amides is 1. The van der Waals surface area contributed by atoms with Crippen molar-refractivity contribution in [2.24, 2.45) is 11.8 Å². The number of alkyl halides is 3. The predicted molar refractivity (Wildman–Crippen MR) is 62.7 cm³/mol. The lowest BCUT2D eigenvalue weighted by molar-refractivity contribution is -0.151. The Morgan fingerprint density at radius 2 is 1.95 bits per heavy atom. The van der Waals surface area contributed by atoms with Crippen LogP contribution in [-0.2, 0) is 24.0 Å². The summed E-state index contributed by atoms with van der Waals surface area (Å²) in [4.78, 5) is 23.0. The van der Waals surface area contributed by atoms with Crippen molar-refractivity contribution in [3.8, 4) is 0 Å². The first-order valence-corrected chi connectivity index (χ1v) is 7.16. The second-order valence-electron chi connectivity index (χ2n) is 4.60. The normalized spacial score (nSPS) is 24.6. The zero-order chi connectivity index (χ0) is 16.0. The molecule has 21 heavy (non-hydrogen) atoms. The van der Waals surface area contributed by atoms with Crippen molar-refractivity contribution in [3.63, 3.8) is 0 Å². The van der Waals surface area contributed by atoms with E-state index in [-0.39, 0.29) is 22.1 Å². The number of allylic oxidation sites excluding steroid dienone is 3. The summed E-state index contributed by atoms with van der Waals surface area (Å²) in [6, 6.07) is 0. The Labute approximate surface area is 117 Å². The summed E-state index contributed by atoms with van der Waals surface area (Å²) in [6.45, 7) is 0. The number of carbonyl (C=O) groups is 2. The maximum absolute atomic E-state index is 12.2. The summed E-state index contributed by atoms with van der Waals surface area (Å²) in [5.41, 5.74) is -5.53. The van der Waals surface area contributed by atoms with Gasteiger partial charge in [-0.25, -0.2) is 5.06 Å². The molecule has 116 valence electrons. The zero-order valence-corrected chi connectivity index (χ0v) is 11.4. The topological polar surface area (TPSA) is 80.8 Å². The summed E-state index contributed by atoms with van der Waals surface area (Å²) in [6.07, 6.45) is 4.29. The van der Waals surface area contributed by atoms with Crippen molar-refractivity contribution < 1.29 is 35.5 Å². The number of rotatable bonds is 4. The molecule has 6 nitrogen and oxygen atoms in total. The Hall–Kier alpha value is -1.68. The minimum absolute atomic E-state index is 0.0177. The molecule has 2 bridgehead atoms. The van der Waals surface area contributed by atoms with Crippen LogP contribution in [0.2, 0.25) is 0 Å². The third kappa shape index (κ3) is 2.60.